The van der Waals surface area contributed by atoms with Crippen LogP contribution >= 0.6 is 0 Å². The van der Waals surface area contributed by atoms with E-state index in [0.717, 1.165) is 24.3 Å². The van der Waals surface area contributed by atoms with Crippen LogP contribution in [-0.2, 0) is 17.4 Å². The molecule has 2 aromatic rings. The van der Waals surface area contributed by atoms with Gasteiger partial charge >= 0.3 is 6.18 Å². The Kier molecular flexibility index (Phi) is 5.41. The third-order valence-electron chi connectivity index (χ3n) is 3.46. The number of nitrogens with two attached hydrogens (primary N) is 1. The summed E-state index contributed by atoms with van der Waals surface area (Å²) in [5.41, 5.74) is 4.79. The van der Waals surface area contributed by atoms with Crippen molar-refractivity contribution in [1.29, 1.82) is 0 Å². The van der Waals surface area contributed by atoms with Gasteiger partial charge in [0.15, 0.2) is 0 Å². The van der Waals surface area contributed by atoms with Gasteiger partial charge in [-0.2, -0.15) is 13.2 Å². The fraction of sp³-hybridized carbons (Fsp3) is 0.176. The highest BCUT2D eigenvalue weighted by molar-refractivity contribution is 5.97. The molecule has 0 saturated carbocycles. The van der Waals surface area contributed by atoms with Crippen LogP contribution in [0.4, 0.5) is 17.6 Å². The highest BCUT2D eigenvalue weighted by Crippen LogP contribution is 2.29. The second-order valence-electron chi connectivity index (χ2n) is 5.34. The molecule has 0 saturated heterocycles. The van der Waals surface area contributed by atoms with Gasteiger partial charge in [0.05, 0.1) is 5.56 Å². The Hall–Kier alpha value is -2.90. The molecule has 132 valence electrons. The van der Waals surface area contributed by atoms with E-state index in [1.807, 2.05) is 0 Å². The molecule has 0 aliphatic rings. The Balaban J connectivity index is 2.11. The van der Waals surface area contributed by atoms with Crippen LogP contribution in [0.5, 0.6) is 0 Å². The molecule has 2 amide bonds. The van der Waals surface area contributed by atoms with E-state index in [2.05, 4.69) is 5.32 Å². The van der Waals surface area contributed by atoms with Crippen LogP contribution in [0.15, 0.2) is 48.5 Å². The molecule has 0 unspecified atom stereocenters. The zero-order chi connectivity index (χ0) is 18.6. The number of primary amides is 1. The lowest BCUT2D eigenvalue weighted by molar-refractivity contribution is -0.137. The SMILES string of the molecule is NC(=O)[C@@H](Cc1ccc(C(F)(F)F)cc1)NC(=O)c1cccc(F)c1. The molecule has 3 N–H and O–H groups in total. The topological polar surface area (TPSA) is 72.2 Å². The number of amides is 2. The van der Waals surface area contributed by atoms with Crippen molar-refractivity contribution < 1.29 is 27.2 Å². The zero-order valence-corrected chi connectivity index (χ0v) is 12.8. The van der Waals surface area contributed by atoms with Gasteiger partial charge in [-0.05, 0) is 35.9 Å². The van der Waals surface area contributed by atoms with E-state index in [1.165, 1.54) is 24.3 Å². The Bertz CT molecular complexity index is 773. The fourth-order valence-corrected chi connectivity index (χ4v) is 2.16. The number of halogens is 4. The largest absolute Gasteiger partial charge is 0.416 e. The van der Waals surface area contributed by atoms with Gasteiger partial charge in [-0.3, -0.25) is 9.59 Å². The number of rotatable bonds is 5. The highest BCUT2D eigenvalue weighted by Gasteiger charge is 2.30. The molecule has 0 aliphatic carbocycles. The van der Waals surface area contributed by atoms with Crippen molar-refractivity contribution in [2.24, 2.45) is 5.73 Å². The summed E-state index contributed by atoms with van der Waals surface area (Å²) in [6, 6.07) is 7.85. The molecule has 1 atom stereocenters. The fourth-order valence-electron chi connectivity index (χ4n) is 2.16. The Morgan fingerprint density at radius 1 is 1.08 bits per heavy atom. The maximum absolute atomic E-state index is 13.1. The van der Waals surface area contributed by atoms with Crippen molar-refractivity contribution in [2.75, 3.05) is 0 Å². The highest BCUT2D eigenvalue weighted by atomic mass is 19.4. The van der Waals surface area contributed by atoms with Crippen LogP contribution in [0.2, 0.25) is 0 Å². The van der Waals surface area contributed by atoms with Gasteiger partial charge < -0.3 is 11.1 Å². The van der Waals surface area contributed by atoms with Crippen LogP contribution in [0, 0.1) is 5.82 Å². The van der Waals surface area contributed by atoms with E-state index in [0.29, 0.717) is 5.56 Å². The standard InChI is InChI=1S/C17H14F4N2O2/c18-13-3-1-2-11(9-13)16(25)23-14(15(22)24)8-10-4-6-12(7-5-10)17(19,20)21/h1-7,9,14H,8H2,(H2,22,24)(H,23,25)/t14-/m1/s1. The summed E-state index contributed by atoms with van der Waals surface area (Å²) >= 11 is 0. The molecule has 0 radical (unpaired) electrons. The quantitative estimate of drug-likeness (QED) is 0.811. The Labute approximate surface area is 140 Å². The summed E-state index contributed by atoms with van der Waals surface area (Å²) in [7, 11) is 0. The molecule has 0 spiro atoms. The van der Waals surface area contributed by atoms with Gasteiger partial charge in [0, 0.05) is 12.0 Å². The van der Waals surface area contributed by atoms with Gasteiger partial charge in [0.1, 0.15) is 11.9 Å². The van der Waals surface area contributed by atoms with Crippen molar-refractivity contribution in [3.8, 4) is 0 Å². The van der Waals surface area contributed by atoms with Gasteiger partial charge in [-0.15, -0.1) is 0 Å². The molecule has 0 bridgehead atoms. The van der Waals surface area contributed by atoms with Gasteiger partial charge in [0.25, 0.3) is 5.91 Å². The summed E-state index contributed by atoms with van der Waals surface area (Å²) in [4.78, 5) is 23.6. The first-order valence-electron chi connectivity index (χ1n) is 7.18. The monoisotopic (exact) mass is 354 g/mol. The number of carbonyl (C=O) groups excluding carboxylic acids is 2. The van der Waals surface area contributed by atoms with E-state index in [1.54, 1.807) is 0 Å². The minimum absolute atomic E-state index is 0.00123. The van der Waals surface area contributed by atoms with E-state index < -0.39 is 35.4 Å². The predicted molar refractivity (Wildman–Crippen MR) is 82.0 cm³/mol. The third-order valence-corrected chi connectivity index (χ3v) is 3.46. The molecule has 0 fully saturated rings. The van der Waals surface area contributed by atoms with E-state index in [9.17, 15) is 27.2 Å². The molecule has 0 heterocycles. The van der Waals surface area contributed by atoms with Gasteiger partial charge in [-0.25, -0.2) is 4.39 Å². The molecule has 2 aromatic carbocycles. The second-order valence-corrected chi connectivity index (χ2v) is 5.34. The van der Waals surface area contributed by atoms with Crippen LogP contribution in [0.25, 0.3) is 0 Å². The first-order chi connectivity index (χ1) is 11.7. The number of hydrogen-bond donors (Lipinski definition) is 2. The number of hydrogen-bond acceptors (Lipinski definition) is 2. The summed E-state index contributed by atoms with van der Waals surface area (Å²) in [5.74, 6) is -2.19. The summed E-state index contributed by atoms with van der Waals surface area (Å²) in [6.07, 6.45) is -4.55. The van der Waals surface area contributed by atoms with Crippen LogP contribution in [0.3, 0.4) is 0 Å². The van der Waals surface area contributed by atoms with Gasteiger partial charge in [0.2, 0.25) is 5.91 Å². The van der Waals surface area contributed by atoms with Crippen LogP contribution in [-0.4, -0.2) is 17.9 Å². The van der Waals surface area contributed by atoms with Crippen LogP contribution in [0.1, 0.15) is 21.5 Å². The van der Waals surface area contributed by atoms with E-state index in [4.69, 9.17) is 5.73 Å². The van der Waals surface area contributed by atoms with Gasteiger partial charge in [-0.1, -0.05) is 18.2 Å². The summed E-state index contributed by atoms with van der Waals surface area (Å²) < 4.78 is 50.8. The maximum Gasteiger partial charge on any atom is 0.416 e. The second kappa shape index (κ2) is 7.33. The molecular formula is C17H14F4N2O2. The molecule has 0 aliphatic heterocycles. The number of alkyl halides is 3. The average molecular weight is 354 g/mol. The van der Waals surface area contributed by atoms with E-state index in [-0.39, 0.29) is 12.0 Å². The van der Waals surface area contributed by atoms with Crippen LogP contribution < -0.4 is 11.1 Å². The Morgan fingerprint density at radius 2 is 1.72 bits per heavy atom. The normalized spacial score (nSPS) is 12.5. The molecule has 4 nitrogen and oxygen atoms in total. The lowest BCUT2D eigenvalue weighted by Gasteiger charge is -2.16. The van der Waals surface area contributed by atoms with Crippen molar-refractivity contribution in [2.45, 2.75) is 18.6 Å². The first-order valence-corrected chi connectivity index (χ1v) is 7.18. The summed E-state index contributed by atoms with van der Waals surface area (Å²) in [6.45, 7) is 0. The maximum atomic E-state index is 13.1. The number of benzene rings is 2. The zero-order valence-electron chi connectivity index (χ0n) is 12.8. The van der Waals surface area contributed by atoms with Crippen molar-refractivity contribution in [1.82, 2.24) is 5.32 Å². The molecule has 8 heteroatoms. The third kappa shape index (κ3) is 5.03. The molecule has 2 rings (SSSR count). The summed E-state index contributed by atoms with van der Waals surface area (Å²) in [5, 5.41) is 2.35. The molecular weight excluding hydrogens is 340 g/mol. The minimum Gasteiger partial charge on any atom is -0.368 e. The lowest BCUT2D eigenvalue weighted by Crippen LogP contribution is -2.45. The van der Waals surface area contributed by atoms with Crippen molar-refractivity contribution in [3.05, 3.63) is 71.0 Å². The number of carbonyl (C=O) groups is 2. The smallest absolute Gasteiger partial charge is 0.368 e. The minimum atomic E-state index is -4.47. The lowest BCUT2D eigenvalue weighted by atomic mass is 10.0. The van der Waals surface area contributed by atoms with Crippen molar-refractivity contribution >= 4 is 11.8 Å². The molecule has 25 heavy (non-hydrogen) atoms. The predicted octanol–water partition coefficient (Wildman–Crippen LogP) is 2.67. The Morgan fingerprint density at radius 3 is 2.24 bits per heavy atom. The number of nitrogens with one attached hydrogen (secondary N) is 1. The van der Waals surface area contributed by atoms with E-state index >= 15 is 0 Å². The molecule has 0 aromatic heterocycles. The van der Waals surface area contributed by atoms with Crippen molar-refractivity contribution in [3.63, 3.8) is 0 Å². The average Bonchev–Trinajstić information content (AvgIpc) is 2.53. The first kappa shape index (κ1) is 18.4.